The van der Waals surface area contributed by atoms with Crippen molar-refractivity contribution in [3.05, 3.63) is 44.9 Å². The van der Waals surface area contributed by atoms with Gasteiger partial charge in [-0.1, -0.05) is 24.4 Å². The van der Waals surface area contributed by atoms with Crippen LogP contribution in [0.2, 0.25) is 5.02 Å². The fourth-order valence-electron chi connectivity index (χ4n) is 2.82. The fourth-order valence-corrected chi connectivity index (χ4v) is 4.00. The third kappa shape index (κ3) is 4.05. The van der Waals surface area contributed by atoms with Gasteiger partial charge in [0, 0.05) is 18.1 Å². The standard InChI is InChI=1S/C17H19ClFN3OS/c1-22-13(10-24-17(22)20-12-4-2-3-5-12)9-16(23)21-15-7-6-11(19)8-14(15)18/h6-8,10,12H,2-5,9H2,1H3,(H,21,23). The first kappa shape index (κ1) is 17.2. The highest BCUT2D eigenvalue weighted by Gasteiger charge is 2.15. The molecule has 0 bridgehead atoms. The summed E-state index contributed by atoms with van der Waals surface area (Å²) in [5.41, 5.74) is 1.31. The van der Waals surface area contributed by atoms with Crippen molar-refractivity contribution in [3.63, 3.8) is 0 Å². The summed E-state index contributed by atoms with van der Waals surface area (Å²) in [4.78, 5) is 18.0. The van der Waals surface area contributed by atoms with E-state index in [9.17, 15) is 9.18 Å². The van der Waals surface area contributed by atoms with Crippen LogP contribution >= 0.6 is 22.9 Å². The number of thiazole rings is 1. The molecule has 1 aromatic carbocycles. The van der Waals surface area contributed by atoms with Crippen molar-refractivity contribution < 1.29 is 9.18 Å². The normalized spacial score (nSPS) is 15.9. The number of nitrogens with zero attached hydrogens (tertiary/aromatic N) is 2. The molecule has 1 aromatic heterocycles. The summed E-state index contributed by atoms with van der Waals surface area (Å²) in [6, 6.07) is 4.32. The van der Waals surface area contributed by atoms with Gasteiger partial charge in [-0.15, -0.1) is 11.3 Å². The molecule has 7 heteroatoms. The van der Waals surface area contributed by atoms with Crippen molar-refractivity contribution >= 4 is 34.5 Å². The average molecular weight is 368 g/mol. The number of carbonyl (C=O) groups excluding carboxylic acids is 1. The first-order valence-corrected chi connectivity index (χ1v) is 9.21. The first-order valence-electron chi connectivity index (χ1n) is 7.95. The van der Waals surface area contributed by atoms with Crippen LogP contribution in [-0.4, -0.2) is 16.5 Å². The first-order chi connectivity index (χ1) is 11.5. The molecule has 2 aromatic rings. The Labute approximate surface area is 149 Å². The molecule has 0 aliphatic heterocycles. The number of anilines is 1. The van der Waals surface area contributed by atoms with E-state index >= 15 is 0 Å². The Morgan fingerprint density at radius 3 is 2.92 bits per heavy atom. The lowest BCUT2D eigenvalue weighted by Crippen LogP contribution is -2.21. The Hall–Kier alpha value is -1.66. The topological polar surface area (TPSA) is 46.4 Å². The van der Waals surface area contributed by atoms with Gasteiger partial charge in [0.25, 0.3) is 0 Å². The Bertz CT molecular complexity index is 808. The quantitative estimate of drug-likeness (QED) is 0.875. The van der Waals surface area contributed by atoms with Gasteiger partial charge in [0.15, 0.2) is 4.80 Å². The lowest BCUT2D eigenvalue weighted by atomic mass is 10.2. The van der Waals surface area contributed by atoms with Crippen LogP contribution in [0.15, 0.2) is 28.6 Å². The smallest absolute Gasteiger partial charge is 0.230 e. The van der Waals surface area contributed by atoms with Gasteiger partial charge in [0.1, 0.15) is 5.82 Å². The van der Waals surface area contributed by atoms with Crippen LogP contribution < -0.4 is 10.1 Å². The van der Waals surface area contributed by atoms with E-state index in [1.165, 1.54) is 31.0 Å². The molecule has 1 fully saturated rings. The van der Waals surface area contributed by atoms with Crippen molar-refractivity contribution in [3.8, 4) is 0 Å². The van der Waals surface area contributed by atoms with Crippen LogP contribution in [0.3, 0.4) is 0 Å². The van der Waals surface area contributed by atoms with Crippen LogP contribution in [0, 0.1) is 5.82 Å². The summed E-state index contributed by atoms with van der Waals surface area (Å²) in [6.07, 6.45) is 5.02. The van der Waals surface area contributed by atoms with Gasteiger partial charge >= 0.3 is 0 Å². The highest BCUT2D eigenvalue weighted by molar-refractivity contribution is 7.07. The number of nitrogens with one attached hydrogen (secondary N) is 1. The Kier molecular flexibility index (Phi) is 5.36. The molecule has 1 heterocycles. The number of amides is 1. The molecule has 0 saturated heterocycles. The summed E-state index contributed by atoms with van der Waals surface area (Å²) >= 11 is 7.49. The van der Waals surface area contributed by atoms with Crippen LogP contribution in [0.1, 0.15) is 31.4 Å². The maximum atomic E-state index is 13.0. The molecule has 1 N–H and O–H groups in total. The highest BCUT2D eigenvalue weighted by Crippen LogP contribution is 2.23. The summed E-state index contributed by atoms with van der Waals surface area (Å²) in [6.45, 7) is 0. The minimum atomic E-state index is -0.430. The Morgan fingerprint density at radius 2 is 2.21 bits per heavy atom. The summed E-state index contributed by atoms with van der Waals surface area (Å²) in [5, 5.41) is 4.87. The van der Waals surface area contributed by atoms with Crippen molar-refractivity contribution in [2.45, 2.75) is 38.1 Å². The zero-order valence-electron chi connectivity index (χ0n) is 13.4. The van der Waals surface area contributed by atoms with E-state index in [0.29, 0.717) is 11.7 Å². The minimum Gasteiger partial charge on any atom is -0.324 e. The lowest BCUT2D eigenvalue weighted by molar-refractivity contribution is -0.115. The molecule has 3 rings (SSSR count). The van der Waals surface area contributed by atoms with Gasteiger partial charge in [-0.2, -0.15) is 0 Å². The van der Waals surface area contributed by atoms with Gasteiger partial charge in [-0.25, -0.2) is 4.39 Å². The third-order valence-corrected chi connectivity index (χ3v) is 5.48. The molecular weight excluding hydrogens is 349 g/mol. The SMILES string of the molecule is Cn1c(CC(=O)Nc2ccc(F)cc2Cl)csc1=NC1CCCC1. The minimum absolute atomic E-state index is 0.190. The predicted octanol–water partition coefficient (Wildman–Crippen LogP) is 3.90. The van der Waals surface area contributed by atoms with Gasteiger partial charge in [-0.3, -0.25) is 9.79 Å². The van der Waals surface area contributed by atoms with Crippen LogP contribution in [0.25, 0.3) is 0 Å². The zero-order chi connectivity index (χ0) is 17.1. The van der Waals surface area contributed by atoms with Crippen molar-refractivity contribution in [2.24, 2.45) is 12.0 Å². The van der Waals surface area contributed by atoms with E-state index in [2.05, 4.69) is 5.32 Å². The van der Waals surface area contributed by atoms with Crippen LogP contribution in [-0.2, 0) is 18.3 Å². The summed E-state index contributed by atoms with van der Waals surface area (Å²) in [5.74, 6) is -0.621. The third-order valence-electron chi connectivity index (χ3n) is 4.18. The average Bonchev–Trinajstić information content (AvgIpc) is 3.16. The predicted molar refractivity (Wildman–Crippen MR) is 94.9 cm³/mol. The lowest BCUT2D eigenvalue weighted by Gasteiger charge is -2.08. The number of rotatable bonds is 4. The summed E-state index contributed by atoms with van der Waals surface area (Å²) in [7, 11) is 1.93. The summed E-state index contributed by atoms with van der Waals surface area (Å²) < 4.78 is 15.0. The second-order valence-electron chi connectivity index (χ2n) is 5.99. The molecule has 1 saturated carbocycles. The number of halogens is 2. The van der Waals surface area contributed by atoms with Crippen LogP contribution in [0.5, 0.6) is 0 Å². The van der Waals surface area contributed by atoms with E-state index in [4.69, 9.17) is 16.6 Å². The highest BCUT2D eigenvalue weighted by atomic mass is 35.5. The molecule has 4 nitrogen and oxygen atoms in total. The molecule has 1 amide bonds. The van der Waals surface area contributed by atoms with Gasteiger partial charge in [0.2, 0.25) is 5.91 Å². The molecule has 0 unspecified atom stereocenters. The maximum Gasteiger partial charge on any atom is 0.230 e. The zero-order valence-corrected chi connectivity index (χ0v) is 15.0. The number of hydrogen-bond donors (Lipinski definition) is 1. The van der Waals surface area contributed by atoms with Crippen LogP contribution in [0.4, 0.5) is 10.1 Å². The largest absolute Gasteiger partial charge is 0.324 e. The van der Waals surface area contributed by atoms with E-state index in [1.807, 2.05) is 17.0 Å². The molecule has 0 spiro atoms. The number of hydrogen-bond acceptors (Lipinski definition) is 3. The molecular formula is C17H19ClFN3OS. The molecule has 128 valence electrons. The Balaban J connectivity index is 1.69. The molecule has 0 atom stereocenters. The molecule has 0 radical (unpaired) electrons. The number of carbonyl (C=O) groups is 1. The van der Waals surface area contributed by atoms with Gasteiger partial charge in [0.05, 0.1) is 23.2 Å². The monoisotopic (exact) mass is 367 g/mol. The molecule has 1 aliphatic rings. The van der Waals surface area contributed by atoms with E-state index in [1.54, 1.807) is 11.3 Å². The second-order valence-corrected chi connectivity index (χ2v) is 7.23. The molecule has 1 aliphatic carbocycles. The Morgan fingerprint density at radius 1 is 1.46 bits per heavy atom. The molecule has 24 heavy (non-hydrogen) atoms. The fraction of sp³-hybridized carbons (Fsp3) is 0.412. The van der Waals surface area contributed by atoms with E-state index < -0.39 is 5.82 Å². The van der Waals surface area contributed by atoms with Gasteiger partial charge in [-0.05, 0) is 31.0 Å². The number of aromatic nitrogens is 1. The van der Waals surface area contributed by atoms with Crippen molar-refractivity contribution in [1.82, 2.24) is 4.57 Å². The van der Waals surface area contributed by atoms with E-state index in [-0.39, 0.29) is 17.4 Å². The second kappa shape index (κ2) is 7.49. The van der Waals surface area contributed by atoms with E-state index in [0.717, 1.165) is 23.3 Å². The van der Waals surface area contributed by atoms with Gasteiger partial charge < -0.3 is 9.88 Å². The maximum absolute atomic E-state index is 13.0. The van der Waals surface area contributed by atoms with Crippen molar-refractivity contribution in [2.75, 3.05) is 5.32 Å². The van der Waals surface area contributed by atoms with Crippen molar-refractivity contribution in [1.29, 1.82) is 0 Å². The number of benzene rings is 1.